The molecule has 14 heavy (non-hydrogen) atoms. The van der Waals surface area contributed by atoms with E-state index in [1.54, 1.807) is 31.4 Å². The highest BCUT2D eigenvalue weighted by Crippen LogP contribution is 2.23. The molecule has 1 atom stereocenters. The predicted molar refractivity (Wildman–Crippen MR) is 52.7 cm³/mol. The SMILES string of the molecule is C=C(C#N)[C@@H](O)c1cccc(OC)c1. The summed E-state index contributed by atoms with van der Waals surface area (Å²) in [5, 5.41) is 18.2. The van der Waals surface area contributed by atoms with Gasteiger partial charge in [-0.2, -0.15) is 5.26 Å². The van der Waals surface area contributed by atoms with Gasteiger partial charge in [-0.05, 0) is 17.7 Å². The second-order valence-corrected chi connectivity index (χ2v) is 2.82. The van der Waals surface area contributed by atoms with Gasteiger partial charge in [0.2, 0.25) is 0 Å². The molecule has 0 bridgehead atoms. The highest BCUT2D eigenvalue weighted by Gasteiger charge is 2.11. The summed E-state index contributed by atoms with van der Waals surface area (Å²) in [6.45, 7) is 3.45. The Bertz CT molecular complexity index is 379. The third-order valence-electron chi connectivity index (χ3n) is 1.88. The van der Waals surface area contributed by atoms with Gasteiger partial charge >= 0.3 is 0 Å². The van der Waals surface area contributed by atoms with Crippen LogP contribution in [0.25, 0.3) is 0 Å². The molecule has 0 saturated heterocycles. The minimum atomic E-state index is -0.949. The molecule has 1 N–H and O–H groups in total. The third kappa shape index (κ3) is 2.12. The number of benzene rings is 1. The number of ether oxygens (including phenoxy) is 1. The molecule has 0 aliphatic carbocycles. The van der Waals surface area contributed by atoms with Crippen LogP contribution in [0.1, 0.15) is 11.7 Å². The van der Waals surface area contributed by atoms with Gasteiger partial charge in [-0.1, -0.05) is 18.7 Å². The minimum Gasteiger partial charge on any atom is -0.497 e. The highest BCUT2D eigenvalue weighted by molar-refractivity contribution is 5.36. The molecular weight excluding hydrogens is 178 g/mol. The maximum Gasteiger partial charge on any atom is 0.119 e. The van der Waals surface area contributed by atoms with Gasteiger partial charge in [0.1, 0.15) is 11.9 Å². The average molecular weight is 189 g/mol. The van der Waals surface area contributed by atoms with Crippen LogP contribution in [0.5, 0.6) is 5.75 Å². The van der Waals surface area contributed by atoms with Gasteiger partial charge in [0.25, 0.3) is 0 Å². The molecule has 0 spiro atoms. The van der Waals surface area contributed by atoms with Gasteiger partial charge in [0.15, 0.2) is 0 Å². The molecule has 1 aromatic rings. The zero-order valence-electron chi connectivity index (χ0n) is 7.90. The van der Waals surface area contributed by atoms with Gasteiger partial charge in [-0.15, -0.1) is 0 Å². The fourth-order valence-electron chi connectivity index (χ4n) is 1.07. The van der Waals surface area contributed by atoms with Gasteiger partial charge in [-0.25, -0.2) is 0 Å². The molecule has 0 heterocycles. The van der Waals surface area contributed by atoms with E-state index < -0.39 is 6.10 Å². The van der Waals surface area contributed by atoms with Crippen LogP contribution in [-0.4, -0.2) is 12.2 Å². The Labute approximate surface area is 82.9 Å². The van der Waals surface area contributed by atoms with Gasteiger partial charge in [0.05, 0.1) is 18.8 Å². The van der Waals surface area contributed by atoms with Crippen LogP contribution < -0.4 is 4.74 Å². The van der Waals surface area contributed by atoms with E-state index in [2.05, 4.69) is 6.58 Å². The number of aliphatic hydroxyl groups is 1. The zero-order chi connectivity index (χ0) is 10.6. The summed E-state index contributed by atoms with van der Waals surface area (Å²) < 4.78 is 4.99. The highest BCUT2D eigenvalue weighted by atomic mass is 16.5. The number of methoxy groups -OCH3 is 1. The fraction of sp³-hybridized carbons (Fsp3) is 0.182. The molecule has 0 fully saturated rings. The van der Waals surface area contributed by atoms with Crippen LogP contribution in [0.2, 0.25) is 0 Å². The van der Waals surface area contributed by atoms with E-state index in [1.165, 1.54) is 0 Å². The Morgan fingerprint density at radius 2 is 2.36 bits per heavy atom. The lowest BCUT2D eigenvalue weighted by Crippen LogP contribution is -1.99. The molecule has 0 aromatic heterocycles. The van der Waals surface area contributed by atoms with Crippen molar-refractivity contribution >= 4 is 0 Å². The second kappa shape index (κ2) is 4.45. The molecule has 0 aliphatic rings. The maximum atomic E-state index is 9.63. The molecule has 0 aliphatic heterocycles. The van der Waals surface area contributed by atoms with Gasteiger partial charge in [0, 0.05) is 0 Å². The summed E-state index contributed by atoms with van der Waals surface area (Å²) in [7, 11) is 1.55. The number of aliphatic hydroxyl groups excluding tert-OH is 1. The van der Waals surface area contributed by atoms with E-state index in [-0.39, 0.29) is 5.57 Å². The van der Waals surface area contributed by atoms with E-state index in [0.29, 0.717) is 11.3 Å². The van der Waals surface area contributed by atoms with Crippen LogP contribution in [-0.2, 0) is 0 Å². The Morgan fingerprint density at radius 3 is 2.93 bits per heavy atom. The minimum absolute atomic E-state index is 0.123. The van der Waals surface area contributed by atoms with E-state index in [9.17, 15) is 5.11 Å². The van der Waals surface area contributed by atoms with E-state index in [1.807, 2.05) is 6.07 Å². The van der Waals surface area contributed by atoms with E-state index in [4.69, 9.17) is 10.00 Å². The van der Waals surface area contributed by atoms with Crippen molar-refractivity contribution in [3.05, 3.63) is 42.0 Å². The van der Waals surface area contributed by atoms with Crippen LogP contribution >= 0.6 is 0 Å². The molecule has 0 amide bonds. The van der Waals surface area contributed by atoms with Crippen molar-refractivity contribution in [1.82, 2.24) is 0 Å². The number of nitriles is 1. The van der Waals surface area contributed by atoms with Crippen molar-refractivity contribution in [3.8, 4) is 11.8 Å². The summed E-state index contributed by atoms with van der Waals surface area (Å²) in [6, 6.07) is 8.73. The molecule has 0 saturated carbocycles. The molecule has 0 radical (unpaired) electrons. The van der Waals surface area contributed by atoms with Gasteiger partial charge < -0.3 is 9.84 Å². The second-order valence-electron chi connectivity index (χ2n) is 2.82. The standard InChI is InChI=1S/C11H11NO2/c1-8(7-12)11(13)9-4-3-5-10(6-9)14-2/h3-6,11,13H,1H2,2H3/t11-/m1/s1. The summed E-state index contributed by atoms with van der Waals surface area (Å²) in [4.78, 5) is 0. The Morgan fingerprint density at radius 1 is 1.64 bits per heavy atom. The lowest BCUT2D eigenvalue weighted by molar-refractivity contribution is 0.220. The lowest BCUT2D eigenvalue weighted by atomic mass is 10.0. The molecule has 0 unspecified atom stereocenters. The first-order valence-electron chi connectivity index (χ1n) is 4.10. The van der Waals surface area contributed by atoms with Crippen LogP contribution in [0.15, 0.2) is 36.4 Å². The quantitative estimate of drug-likeness (QED) is 0.738. The third-order valence-corrected chi connectivity index (χ3v) is 1.88. The van der Waals surface area contributed by atoms with Crippen LogP contribution in [0, 0.1) is 11.3 Å². The van der Waals surface area contributed by atoms with Crippen molar-refractivity contribution in [2.24, 2.45) is 0 Å². The van der Waals surface area contributed by atoms with Crippen LogP contribution in [0.4, 0.5) is 0 Å². The summed E-state index contributed by atoms with van der Waals surface area (Å²) >= 11 is 0. The normalized spacial score (nSPS) is 11.5. The van der Waals surface area contributed by atoms with Crippen LogP contribution in [0.3, 0.4) is 0 Å². The molecule has 1 rings (SSSR count). The monoisotopic (exact) mass is 189 g/mol. The zero-order valence-corrected chi connectivity index (χ0v) is 7.90. The molecule has 3 nitrogen and oxygen atoms in total. The molecule has 3 heteroatoms. The van der Waals surface area contributed by atoms with E-state index in [0.717, 1.165) is 0 Å². The fourth-order valence-corrected chi connectivity index (χ4v) is 1.07. The Hall–Kier alpha value is -1.79. The van der Waals surface area contributed by atoms with Crippen molar-refractivity contribution < 1.29 is 9.84 Å². The first kappa shape index (κ1) is 10.3. The first-order valence-corrected chi connectivity index (χ1v) is 4.10. The summed E-state index contributed by atoms with van der Waals surface area (Å²) in [5.74, 6) is 0.646. The topological polar surface area (TPSA) is 53.2 Å². The lowest BCUT2D eigenvalue weighted by Gasteiger charge is -2.09. The predicted octanol–water partition coefficient (Wildman–Crippen LogP) is 1.81. The van der Waals surface area contributed by atoms with Crippen molar-refractivity contribution in [1.29, 1.82) is 5.26 Å². The summed E-state index contributed by atoms with van der Waals surface area (Å²) in [5.41, 5.74) is 0.731. The molecule has 1 aromatic carbocycles. The number of hydrogen-bond donors (Lipinski definition) is 1. The van der Waals surface area contributed by atoms with E-state index >= 15 is 0 Å². The van der Waals surface area contributed by atoms with Crippen molar-refractivity contribution in [3.63, 3.8) is 0 Å². The first-order chi connectivity index (χ1) is 6.69. The maximum absolute atomic E-state index is 9.63. The number of nitrogens with zero attached hydrogens (tertiary/aromatic N) is 1. The Kier molecular flexibility index (Phi) is 3.27. The Balaban J connectivity index is 2.96. The smallest absolute Gasteiger partial charge is 0.119 e. The van der Waals surface area contributed by atoms with Crippen molar-refractivity contribution in [2.75, 3.05) is 7.11 Å². The number of hydrogen-bond acceptors (Lipinski definition) is 3. The molecule has 72 valence electrons. The average Bonchev–Trinajstić information content (AvgIpc) is 2.27. The van der Waals surface area contributed by atoms with Crippen molar-refractivity contribution in [2.45, 2.75) is 6.10 Å². The summed E-state index contributed by atoms with van der Waals surface area (Å²) in [6.07, 6.45) is -0.949. The van der Waals surface area contributed by atoms with Gasteiger partial charge in [-0.3, -0.25) is 0 Å². The number of rotatable bonds is 3. The molecular formula is C11H11NO2. The largest absolute Gasteiger partial charge is 0.497 e.